The van der Waals surface area contributed by atoms with Gasteiger partial charge in [0.1, 0.15) is 4.32 Å². The Morgan fingerprint density at radius 3 is 2.58 bits per heavy atom. The summed E-state index contributed by atoms with van der Waals surface area (Å²) in [5.41, 5.74) is 3.43. The molecule has 2 aromatic carbocycles. The maximum Gasteiger partial charge on any atom is 0.266 e. The van der Waals surface area contributed by atoms with E-state index in [1.165, 1.54) is 21.6 Å². The van der Waals surface area contributed by atoms with Crippen molar-refractivity contribution in [1.82, 2.24) is 14.7 Å². The van der Waals surface area contributed by atoms with Gasteiger partial charge in [-0.05, 0) is 48.9 Å². The van der Waals surface area contributed by atoms with E-state index in [0.717, 1.165) is 34.7 Å². The van der Waals surface area contributed by atoms with Gasteiger partial charge in [-0.15, -0.1) is 11.8 Å². The summed E-state index contributed by atoms with van der Waals surface area (Å²) in [6, 6.07) is 17.7. The Morgan fingerprint density at radius 1 is 1.17 bits per heavy atom. The van der Waals surface area contributed by atoms with Gasteiger partial charge in [-0.3, -0.25) is 9.69 Å². The molecule has 1 aromatic heterocycles. The van der Waals surface area contributed by atoms with Crippen molar-refractivity contribution < 1.29 is 13.2 Å². The van der Waals surface area contributed by atoms with Crippen LogP contribution in [0.4, 0.5) is 0 Å². The maximum atomic E-state index is 13.3. The zero-order valence-corrected chi connectivity index (χ0v) is 22.9. The van der Waals surface area contributed by atoms with Crippen LogP contribution < -0.4 is 0 Å². The lowest BCUT2D eigenvalue weighted by Gasteiger charge is -2.20. The highest BCUT2D eigenvalue weighted by molar-refractivity contribution is 8.26. The number of nitrogens with zero attached hydrogens (tertiary/aromatic N) is 3. The van der Waals surface area contributed by atoms with E-state index in [9.17, 15) is 13.2 Å². The molecule has 3 aromatic rings. The fourth-order valence-electron chi connectivity index (χ4n) is 4.27. The molecule has 36 heavy (non-hydrogen) atoms. The van der Waals surface area contributed by atoms with Crippen LogP contribution in [0.2, 0.25) is 0 Å². The van der Waals surface area contributed by atoms with E-state index in [0.29, 0.717) is 15.6 Å². The number of amides is 1. The molecule has 0 bridgehead atoms. The summed E-state index contributed by atoms with van der Waals surface area (Å²) < 4.78 is 26.2. The summed E-state index contributed by atoms with van der Waals surface area (Å²) in [4.78, 5) is 16.5. The predicted octanol–water partition coefficient (Wildman–Crippen LogP) is 5.43. The third-order valence-electron chi connectivity index (χ3n) is 6.05. The van der Waals surface area contributed by atoms with Gasteiger partial charge in [0.2, 0.25) is 0 Å². The van der Waals surface area contributed by atoms with Crippen LogP contribution in [0.1, 0.15) is 25.3 Å². The van der Waals surface area contributed by atoms with Crippen molar-refractivity contribution in [3.63, 3.8) is 0 Å². The summed E-state index contributed by atoms with van der Waals surface area (Å²) in [7, 11) is -3.13. The van der Waals surface area contributed by atoms with Crippen molar-refractivity contribution in [3.8, 4) is 16.9 Å². The molecular formula is C26H25N3O3S4. The van der Waals surface area contributed by atoms with Crippen LogP contribution in [-0.2, 0) is 14.6 Å². The van der Waals surface area contributed by atoms with Crippen LogP contribution in [0.25, 0.3) is 23.0 Å². The quantitative estimate of drug-likeness (QED) is 0.219. The molecule has 10 heteroatoms. The number of para-hydroxylation sites is 1. The van der Waals surface area contributed by atoms with Crippen LogP contribution >= 0.6 is 35.7 Å². The van der Waals surface area contributed by atoms with E-state index in [-0.39, 0.29) is 17.4 Å². The zero-order chi connectivity index (χ0) is 25.3. The molecule has 2 saturated heterocycles. The molecule has 2 fully saturated rings. The second kappa shape index (κ2) is 10.5. The van der Waals surface area contributed by atoms with Gasteiger partial charge in [-0.25, -0.2) is 13.1 Å². The first-order chi connectivity index (χ1) is 17.3. The number of hydrogen-bond donors (Lipinski definition) is 0. The van der Waals surface area contributed by atoms with E-state index in [4.69, 9.17) is 17.3 Å². The van der Waals surface area contributed by atoms with E-state index in [2.05, 4.69) is 31.2 Å². The highest BCUT2D eigenvalue weighted by Crippen LogP contribution is 2.38. The molecule has 1 unspecified atom stereocenters. The van der Waals surface area contributed by atoms with Crippen molar-refractivity contribution in [2.75, 3.05) is 17.3 Å². The van der Waals surface area contributed by atoms with E-state index in [1.807, 2.05) is 59.0 Å². The SMILES string of the molecule is CCCSc1ccc(-c2nn(-c3ccccc3)cc2/C=C2\SC(=S)N(C3CCS(=O)(=O)C3)C2=O)cc1. The number of thioether (sulfide) groups is 2. The standard InChI is InChI=1S/C26H25N3O3S4/c1-2-13-34-22-10-8-18(9-11-22)24-19(16-28(27-24)20-6-4-3-5-7-20)15-23-25(30)29(26(33)35-23)21-12-14-36(31,32)17-21/h3-11,15-16,21H,2,12-14,17H2,1H3/b23-15-. The van der Waals surface area contributed by atoms with Crippen molar-refractivity contribution >= 4 is 61.9 Å². The monoisotopic (exact) mass is 555 g/mol. The molecular weight excluding hydrogens is 531 g/mol. The van der Waals surface area contributed by atoms with E-state index in [1.54, 1.807) is 0 Å². The fourth-order valence-corrected chi connectivity index (χ4v) is 8.13. The maximum absolute atomic E-state index is 13.3. The Balaban J connectivity index is 1.50. The number of carbonyl (C=O) groups is 1. The smallest absolute Gasteiger partial charge is 0.266 e. The highest BCUT2D eigenvalue weighted by Gasteiger charge is 2.42. The summed E-state index contributed by atoms with van der Waals surface area (Å²) >= 11 is 8.53. The molecule has 0 N–H and O–H groups in total. The van der Waals surface area contributed by atoms with Crippen LogP contribution in [0.15, 0.2) is 70.6 Å². The van der Waals surface area contributed by atoms with Gasteiger partial charge in [0.25, 0.3) is 5.91 Å². The van der Waals surface area contributed by atoms with Gasteiger partial charge in [-0.2, -0.15) is 5.10 Å². The fraction of sp³-hybridized carbons (Fsp3) is 0.269. The molecule has 0 saturated carbocycles. The van der Waals surface area contributed by atoms with E-state index >= 15 is 0 Å². The lowest BCUT2D eigenvalue weighted by atomic mass is 10.1. The van der Waals surface area contributed by atoms with Crippen molar-refractivity contribution in [2.45, 2.75) is 30.7 Å². The minimum atomic E-state index is -3.13. The van der Waals surface area contributed by atoms with Gasteiger partial charge in [0, 0.05) is 22.2 Å². The number of benzene rings is 2. The van der Waals surface area contributed by atoms with Crippen LogP contribution in [0, 0.1) is 0 Å². The molecule has 6 nitrogen and oxygen atoms in total. The first-order valence-corrected chi connectivity index (χ1v) is 15.7. The van der Waals surface area contributed by atoms with Crippen molar-refractivity contribution in [1.29, 1.82) is 0 Å². The number of rotatable bonds is 7. The summed E-state index contributed by atoms with van der Waals surface area (Å²) in [6.45, 7) is 2.16. The third-order valence-corrected chi connectivity index (χ3v) is 10.3. The number of hydrogen-bond acceptors (Lipinski definition) is 7. The molecule has 1 atom stereocenters. The first kappa shape index (κ1) is 25.3. The molecule has 3 heterocycles. The van der Waals surface area contributed by atoms with Gasteiger partial charge in [-0.1, -0.05) is 61.2 Å². The lowest BCUT2D eigenvalue weighted by Crippen LogP contribution is -2.39. The first-order valence-electron chi connectivity index (χ1n) is 11.7. The number of sulfone groups is 1. The normalized spacial score (nSPS) is 20.5. The number of thiocarbonyl (C=S) groups is 1. The molecule has 186 valence electrons. The minimum Gasteiger partial charge on any atom is -0.289 e. The average molecular weight is 556 g/mol. The van der Waals surface area contributed by atoms with Crippen LogP contribution in [0.5, 0.6) is 0 Å². The van der Waals surface area contributed by atoms with Gasteiger partial charge >= 0.3 is 0 Å². The summed E-state index contributed by atoms with van der Waals surface area (Å²) in [6.07, 6.45) is 5.27. The number of aromatic nitrogens is 2. The summed E-state index contributed by atoms with van der Waals surface area (Å²) in [5, 5.41) is 4.86. The Bertz CT molecular complexity index is 1430. The van der Waals surface area contributed by atoms with Gasteiger partial charge in [0.05, 0.1) is 33.8 Å². The molecule has 0 spiro atoms. The predicted molar refractivity (Wildman–Crippen MR) is 152 cm³/mol. The van der Waals surface area contributed by atoms with Gasteiger partial charge < -0.3 is 0 Å². The zero-order valence-electron chi connectivity index (χ0n) is 19.7. The van der Waals surface area contributed by atoms with Crippen LogP contribution in [-0.4, -0.2) is 56.6 Å². The highest BCUT2D eigenvalue weighted by atomic mass is 32.2. The molecule has 0 aliphatic carbocycles. The molecule has 0 radical (unpaired) electrons. The summed E-state index contributed by atoms with van der Waals surface area (Å²) in [5.74, 6) is 0.884. The Kier molecular flexibility index (Phi) is 7.39. The average Bonchev–Trinajstić information content (AvgIpc) is 3.53. The van der Waals surface area contributed by atoms with Crippen LogP contribution in [0.3, 0.4) is 0 Å². The molecule has 2 aliphatic rings. The number of carbonyl (C=O) groups excluding carboxylic acids is 1. The second-order valence-corrected chi connectivity index (χ2v) is 13.8. The largest absolute Gasteiger partial charge is 0.289 e. The van der Waals surface area contributed by atoms with Crippen molar-refractivity contribution in [2.24, 2.45) is 0 Å². The van der Waals surface area contributed by atoms with E-state index < -0.39 is 15.9 Å². The molecule has 2 aliphatic heterocycles. The lowest BCUT2D eigenvalue weighted by molar-refractivity contribution is -0.123. The molecule has 5 rings (SSSR count). The Labute approximate surface area is 225 Å². The molecule has 1 amide bonds. The van der Waals surface area contributed by atoms with Crippen molar-refractivity contribution in [3.05, 3.63) is 71.3 Å². The Morgan fingerprint density at radius 2 is 1.92 bits per heavy atom. The second-order valence-electron chi connectivity index (χ2n) is 8.69. The van der Waals surface area contributed by atoms with Gasteiger partial charge in [0.15, 0.2) is 9.84 Å². The topological polar surface area (TPSA) is 72.3 Å². The third kappa shape index (κ3) is 5.32. The Hall–Kier alpha value is -2.40. The minimum absolute atomic E-state index is 0.0354.